The number of aryl methyl sites for hydroxylation is 1. The van der Waals surface area contributed by atoms with Gasteiger partial charge in [0.15, 0.2) is 0 Å². The van der Waals surface area contributed by atoms with Gasteiger partial charge >= 0.3 is 0 Å². The van der Waals surface area contributed by atoms with Gasteiger partial charge in [-0.25, -0.2) is 0 Å². The van der Waals surface area contributed by atoms with Crippen LogP contribution < -0.4 is 4.74 Å². The predicted octanol–water partition coefficient (Wildman–Crippen LogP) is 4.45. The molecule has 2 aromatic rings. The number of thiophene rings is 1. The zero-order chi connectivity index (χ0) is 13.8. The molecular weight excluding hydrogens is 286 g/mol. The summed E-state index contributed by atoms with van der Waals surface area (Å²) in [6.45, 7) is 2.55. The summed E-state index contributed by atoms with van der Waals surface area (Å²) in [5.41, 5.74) is -0.113. The van der Waals surface area contributed by atoms with Crippen molar-refractivity contribution in [2.45, 2.75) is 20.0 Å². The number of nitro benzene ring substituents is 1. The summed E-state index contributed by atoms with van der Waals surface area (Å²) in [7, 11) is 0. The van der Waals surface area contributed by atoms with Gasteiger partial charge in [0.05, 0.1) is 4.92 Å². The second kappa shape index (κ2) is 6.04. The zero-order valence-corrected chi connectivity index (χ0v) is 11.8. The molecule has 4 nitrogen and oxygen atoms in total. The van der Waals surface area contributed by atoms with Crippen molar-refractivity contribution in [1.82, 2.24) is 0 Å². The molecule has 0 spiro atoms. The van der Waals surface area contributed by atoms with Gasteiger partial charge in [-0.15, -0.1) is 11.3 Å². The highest BCUT2D eigenvalue weighted by Gasteiger charge is 2.12. The Bertz CT molecular complexity index is 597. The van der Waals surface area contributed by atoms with E-state index in [1.807, 2.05) is 6.07 Å². The number of halogens is 1. The molecule has 1 heterocycles. The molecule has 1 aromatic heterocycles. The van der Waals surface area contributed by atoms with Crippen LogP contribution in [-0.2, 0) is 13.0 Å². The lowest BCUT2D eigenvalue weighted by molar-refractivity contribution is -0.384. The Hall–Kier alpha value is -1.59. The van der Waals surface area contributed by atoms with Crippen molar-refractivity contribution < 1.29 is 9.66 Å². The molecule has 2 rings (SSSR count). The van der Waals surface area contributed by atoms with Crippen molar-refractivity contribution >= 4 is 28.6 Å². The Kier molecular flexibility index (Phi) is 4.39. The van der Waals surface area contributed by atoms with E-state index in [9.17, 15) is 10.1 Å². The van der Waals surface area contributed by atoms with Crippen molar-refractivity contribution in [2.24, 2.45) is 0 Å². The lowest BCUT2D eigenvalue weighted by atomic mass is 10.3. The van der Waals surface area contributed by atoms with Gasteiger partial charge in [0, 0.05) is 21.9 Å². The van der Waals surface area contributed by atoms with Crippen LogP contribution in [0.3, 0.4) is 0 Å². The van der Waals surface area contributed by atoms with Crippen LogP contribution in [0.1, 0.15) is 16.7 Å². The van der Waals surface area contributed by atoms with E-state index in [0.717, 1.165) is 11.3 Å². The van der Waals surface area contributed by atoms with E-state index in [2.05, 4.69) is 13.0 Å². The van der Waals surface area contributed by atoms with E-state index in [-0.39, 0.29) is 10.7 Å². The molecule has 6 heteroatoms. The molecule has 1 aromatic carbocycles. The average Bonchev–Trinajstić information content (AvgIpc) is 2.84. The lowest BCUT2D eigenvalue weighted by Crippen LogP contribution is -1.94. The molecule has 0 aliphatic carbocycles. The lowest BCUT2D eigenvalue weighted by Gasteiger charge is -2.05. The molecule has 0 saturated heterocycles. The molecule has 0 unspecified atom stereocenters. The smallest absolute Gasteiger partial charge is 0.288 e. The maximum atomic E-state index is 10.6. The van der Waals surface area contributed by atoms with Crippen LogP contribution >= 0.6 is 22.9 Å². The predicted molar refractivity (Wildman–Crippen MR) is 76.1 cm³/mol. The van der Waals surface area contributed by atoms with Crippen LogP contribution in [0.25, 0.3) is 0 Å². The Morgan fingerprint density at radius 2 is 2.05 bits per heavy atom. The highest BCUT2D eigenvalue weighted by Crippen LogP contribution is 2.29. The largest absolute Gasteiger partial charge is 0.488 e. The average molecular weight is 298 g/mol. The molecule has 0 aliphatic rings. The van der Waals surface area contributed by atoms with E-state index in [1.54, 1.807) is 17.4 Å². The summed E-state index contributed by atoms with van der Waals surface area (Å²) in [6, 6.07) is 8.47. The monoisotopic (exact) mass is 297 g/mol. The standard InChI is InChI=1S/C13H12ClNO3S/c1-2-10-4-5-11(19-10)8-18-9-3-6-13(15(16)17)12(14)7-9/h3-7H,2,8H2,1H3. The molecule has 0 bridgehead atoms. The SMILES string of the molecule is CCc1ccc(COc2ccc([N+](=O)[O-])c(Cl)c2)s1. The van der Waals surface area contributed by atoms with Gasteiger partial charge in [-0.05, 0) is 24.6 Å². The van der Waals surface area contributed by atoms with Gasteiger partial charge in [-0.1, -0.05) is 18.5 Å². The molecule has 0 saturated carbocycles. The van der Waals surface area contributed by atoms with Crippen molar-refractivity contribution in [2.75, 3.05) is 0 Å². The molecule has 0 radical (unpaired) electrons. The zero-order valence-electron chi connectivity index (χ0n) is 10.3. The Morgan fingerprint density at radius 3 is 2.63 bits per heavy atom. The summed E-state index contributed by atoms with van der Waals surface area (Å²) in [4.78, 5) is 12.5. The normalized spacial score (nSPS) is 10.4. The van der Waals surface area contributed by atoms with Crippen molar-refractivity contribution in [3.05, 3.63) is 55.2 Å². The molecule has 0 aliphatic heterocycles. The minimum Gasteiger partial charge on any atom is -0.488 e. The van der Waals surface area contributed by atoms with E-state index in [0.29, 0.717) is 12.4 Å². The first-order valence-corrected chi connectivity index (χ1v) is 6.94. The van der Waals surface area contributed by atoms with Gasteiger partial charge in [-0.3, -0.25) is 10.1 Å². The van der Waals surface area contributed by atoms with Gasteiger partial charge < -0.3 is 4.74 Å². The highest BCUT2D eigenvalue weighted by atomic mass is 35.5. The molecule has 100 valence electrons. The van der Waals surface area contributed by atoms with E-state index < -0.39 is 4.92 Å². The first kappa shape index (κ1) is 13.8. The topological polar surface area (TPSA) is 52.4 Å². The molecule has 0 atom stereocenters. The number of nitro groups is 1. The maximum absolute atomic E-state index is 10.6. The number of rotatable bonds is 5. The summed E-state index contributed by atoms with van der Waals surface area (Å²) in [5.74, 6) is 0.530. The second-order valence-electron chi connectivity index (χ2n) is 3.88. The van der Waals surface area contributed by atoms with Crippen LogP contribution in [0.4, 0.5) is 5.69 Å². The fraction of sp³-hybridized carbons (Fsp3) is 0.231. The summed E-state index contributed by atoms with van der Waals surface area (Å²) < 4.78 is 5.57. The maximum Gasteiger partial charge on any atom is 0.288 e. The van der Waals surface area contributed by atoms with E-state index >= 15 is 0 Å². The van der Waals surface area contributed by atoms with E-state index in [4.69, 9.17) is 16.3 Å². The fourth-order valence-electron chi connectivity index (χ4n) is 1.57. The summed E-state index contributed by atoms with van der Waals surface area (Å²) in [5, 5.41) is 10.7. The third kappa shape index (κ3) is 3.45. The Labute approximate surface area is 119 Å². The highest BCUT2D eigenvalue weighted by molar-refractivity contribution is 7.11. The Balaban J connectivity index is 2.03. The molecule has 0 fully saturated rings. The van der Waals surface area contributed by atoms with Crippen LogP contribution in [-0.4, -0.2) is 4.92 Å². The van der Waals surface area contributed by atoms with Crippen LogP contribution in [0.5, 0.6) is 5.75 Å². The van der Waals surface area contributed by atoms with Gasteiger partial charge in [0.25, 0.3) is 5.69 Å². The van der Waals surface area contributed by atoms with E-state index in [1.165, 1.54) is 17.0 Å². The number of benzene rings is 1. The number of hydrogen-bond donors (Lipinski definition) is 0. The first-order chi connectivity index (χ1) is 9.10. The molecule has 0 amide bonds. The second-order valence-corrected chi connectivity index (χ2v) is 5.54. The minimum atomic E-state index is -0.515. The van der Waals surface area contributed by atoms with Crippen molar-refractivity contribution in [3.63, 3.8) is 0 Å². The van der Waals surface area contributed by atoms with Crippen LogP contribution in [0.15, 0.2) is 30.3 Å². The van der Waals surface area contributed by atoms with Crippen molar-refractivity contribution in [1.29, 1.82) is 0 Å². The number of ether oxygens (including phenoxy) is 1. The van der Waals surface area contributed by atoms with Gasteiger partial charge in [0.2, 0.25) is 0 Å². The number of hydrogen-bond acceptors (Lipinski definition) is 4. The molecule has 19 heavy (non-hydrogen) atoms. The van der Waals surface area contributed by atoms with Crippen molar-refractivity contribution in [3.8, 4) is 5.75 Å². The first-order valence-electron chi connectivity index (χ1n) is 5.74. The third-order valence-corrected chi connectivity index (χ3v) is 4.07. The summed E-state index contributed by atoms with van der Waals surface area (Å²) >= 11 is 7.51. The fourth-order valence-corrected chi connectivity index (χ4v) is 2.68. The summed E-state index contributed by atoms with van der Waals surface area (Å²) in [6.07, 6.45) is 1.01. The minimum absolute atomic E-state index is 0.0860. The third-order valence-electron chi connectivity index (χ3n) is 2.56. The Morgan fingerprint density at radius 1 is 1.32 bits per heavy atom. The number of nitrogens with zero attached hydrogens (tertiary/aromatic N) is 1. The van der Waals surface area contributed by atoms with Gasteiger partial charge in [-0.2, -0.15) is 0 Å². The molecule has 0 N–H and O–H groups in total. The molecular formula is C13H12ClNO3S. The van der Waals surface area contributed by atoms with Crippen LogP contribution in [0.2, 0.25) is 5.02 Å². The quantitative estimate of drug-likeness (QED) is 0.605. The van der Waals surface area contributed by atoms with Crippen LogP contribution in [0, 0.1) is 10.1 Å². The van der Waals surface area contributed by atoms with Gasteiger partial charge in [0.1, 0.15) is 17.4 Å².